The van der Waals surface area contributed by atoms with E-state index in [9.17, 15) is 0 Å². The Balaban J connectivity index is 1.20. The van der Waals surface area contributed by atoms with Crippen LogP contribution in [0.25, 0.3) is 60.9 Å². The minimum absolute atomic E-state index is 1.10. The zero-order chi connectivity index (χ0) is 33.3. The summed E-state index contributed by atoms with van der Waals surface area (Å²) >= 11 is 0. The summed E-state index contributed by atoms with van der Waals surface area (Å²) in [5.74, 6) is 0. The third-order valence-corrected chi connectivity index (χ3v) is 9.55. The molecule has 1 aromatic heterocycles. The van der Waals surface area contributed by atoms with Crippen LogP contribution in [0.2, 0.25) is 0 Å². The molecule has 2 heteroatoms. The monoisotopic (exact) mass is 638 g/mol. The van der Waals surface area contributed by atoms with Gasteiger partial charge in [-0.05, 0) is 94.0 Å². The Hall–Kier alpha value is -6.64. The van der Waals surface area contributed by atoms with Crippen LogP contribution >= 0.6 is 0 Å². The fraction of sp³-hybridized carbons (Fsp3) is 0. The van der Waals surface area contributed by atoms with E-state index in [0.29, 0.717) is 0 Å². The van der Waals surface area contributed by atoms with Crippen LogP contribution in [0, 0.1) is 0 Å². The SMILES string of the molecule is c1ccc(-c2cccc(N(c3cccc(-c4ccccc4)c3)c3cccc(-c4ccc5c6ccccc6n(-c6ccccc6)c5c4)c3)c2)cc1. The van der Waals surface area contributed by atoms with Crippen molar-refractivity contribution in [1.82, 2.24) is 4.57 Å². The van der Waals surface area contributed by atoms with Gasteiger partial charge in [0.05, 0.1) is 11.0 Å². The smallest absolute Gasteiger partial charge is 0.0547 e. The highest BCUT2D eigenvalue weighted by Gasteiger charge is 2.17. The molecule has 0 aliphatic carbocycles. The third kappa shape index (κ3) is 5.43. The molecule has 9 rings (SSSR count). The summed E-state index contributed by atoms with van der Waals surface area (Å²) in [5.41, 5.74) is 14.0. The molecule has 0 radical (unpaired) electrons. The van der Waals surface area contributed by atoms with Crippen molar-refractivity contribution >= 4 is 38.9 Å². The van der Waals surface area contributed by atoms with Crippen molar-refractivity contribution in [3.8, 4) is 39.1 Å². The van der Waals surface area contributed by atoms with Gasteiger partial charge in [0.2, 0.25) is 0 Å². The highest BCUT2D eigenvalue weighted by atomic mass is 15.1. The van der Waals surface area contributed by atoms with Gasteiger partial charge in [-0.3, -0.25) is 0 Å². The molecule has 0 aliphatic heterocycles. The Labute approximate surface area is 292 Å². The molecule has 0 N–H and O–H groups in total. The quantitative estimate of drug-likeness (QED) is 0.169. The summed E-state index contributed by atoms with van der Waals surface area (Å²) in [5, 5.41) is 2.51. The van der Waals surface area contributed by atoms with E-state index in [-0.39, 0.29) is 0 Å². The van der Waals surface area contributed by atoms with E-state index in [1.807, 2.05) is 0 Å². The number of rotatable bonds is 7. The van der Waals surface area contributed by atoms with E-state index >= 15 is 0 Å². The zero-order valence-electron chi connectivity index (χ0n) is 27.5. The Morgan fingerprint density at radius 1 is 0.280 bits per heavy atom. The third-order valence-electron chi connectivity index (χ3n) is 9.55. The first kappa shape index (κ1) is 29.5. The lowest BCUT2D eigenvalue weighted by Crippen LogP contribution is -2.10. The second-order valence-corrected chi connectivity index (χ2v) is 12.6. The molecular weight excluding hydrogens is 605 g/mol. The van der Waals surface area contributed by atoms with Crippen molar-refractivity contribution in [1.29, 1.82) is 0 Å². The molecule has 1 heterocycles. The average molecular weight is 639 g/mol. The van der Waals surface area contributed by atoms with Crippen molar-refractivity contribution < 1.29 is 0 Å². The van der Waals surface area contributed by atoms with Gasteiger partial charge in [0.15, 0.2) is 0 Å². The van der Waals surface area contributed by atoms with Gasteiger partial charge < -0.3 is 9.47 Å². The summed E-state index contributed by atoms with van der Waals surface area (Å²) in [6.45, 7) is 0. The predicted octanol–water partition coefficient (Wildman–Crippen LogP) is 13.3. The molecule has 0 spiro atoms. The van der Waals surface area contributed by atoms with Crippen LogP contribution in [-0.4, -0.2) is 4.57 Å². The topological polar surface area (TPSA) is 8.17 Å². The molecule has 0 saturated heterocycles. The number of anilines is 3. The van der Waals surface area contributed by atoms with Crippen molar-refractivity contribution in [2.24, 2.45) is 0 Å². The molecule has 0 aliphatic rings. The average Bonchev–Trinajstić information content (AvgIpc) is 3.53. The molecule has 0 atom stereocenters. The number of fused-ring (bicyclic) bond motifs is 3. The normalized spacial score (nSPS) is 11.2. The lowest BCUT2D eigenvalue weighted by molar-refractivity contribution is 1.18. The van der Waals surface area contributed by atoms with Crippen molar-refractivity contribution in [2.45, 2.75) is 0 Å². The van der Waals surface area contributed by atoms with Gasteiger partial charge in [-0.25, -0.2) is 0 Å². The summed E-state index contributed by atoms with van der Waals surface area (Å²) in [6, 6.07) is 74.1. The fourth-order valence-corrected chi connectivity index (χ4v) is 7.19. The molecule has 8 aromatic carbocycles. The largest absolute Gasteiger partial charge is 0.310 e. The summed E-state index contributed by atoms with van der Waals surface area (Å²) in [7, 11) is 0. The van der Waals surface area contributed by atoms with Crippen LogP contribution in [-0.2, 0) is 0 Å². The van der Waals surface area contributed by atoms with Crippen molar-refractivity contribution in [2.75, 3.05) is 4.90 Å². The zero-order valence-corrected chi connectivity index (χ0v) is 27.5. The van der Waals surface area contributed by atoms with Crippen LogP contribution in [0.1, 0.15) is 0 Å². The Bertz CT molecular complexity index is 2500. The molecule has 0 amide bonds. The first-order chi connectivity index (χ1) is 24.8. The minimum atomic E-state index is 1.10. The maximum atomic E-state index is 2.38. The number of hydrogen-bond donors (Lipinski definition) is 0. The minimum Gasteiger partial charge on any atom is -0.310 e. The van der Waals surface area contributed by atoms with E-state index in [0.717, 1.165) is 28.3 Å². The molecule has 236 valence electrons. The van der Waals surface area contributed by atoms with E-state index in [1.165, 1.54) is 49.6 Å². The summed E-state index contributed by atoms with van der Waals surface area (Å²) in [6.07, 6.45) is 0. The standard InChI is InChI=1S/C48H34N2/c1-4-15-35(16-5-1)37-19-12-24-42(31-37)49(43-25-13-20-38(32-43)36-17-6-2-7-18-36)44-26-14-21-39(33-44)40-29-30-46-45-27-10-11-28-47(45)50(48(46)34-40)41-22-8-3-9-23-41/h1-34H. The second-order valence-electron chi connectivity index (χ2n) is 12.6. The summed E-state index contributed by atoms with van der Waals surface area (Å²) < 4.78 is 2.38. The predicted molar refractivity (Wildman–Crippen MR) is 212 cm³/mol. The molecule has 9 aromatic rings. The second kappa shape index (κ2) is 12.8. The molecular formula is C48H34N2. The van der Waals surface area contributed by atoms with Crippen LogP contribution in [0.3, 0.4) is 0 Å². The molecule has 0 bridgehead atoms. The molecule has 2 nitrogen and oxygen atoms in total. The maximum Gasteiger partial charge on any atom is 0.0547 e. The first-order valence-corrected chi connectivity index (χ1v) is 17.1. The Morgan fingerprint density at radius 3 is 1.26 bits per heavy atom. The van der Waals surface area contributed by atoms with Crippen LogP contribution in [0.15, 0.2) is 206 Å². The van der Waals surface area contributed by atoms with Gasteiger partial charge in [-0.2, -0.15) is 0 Å². The Morgan fingerprint density at radius 2 is 0.700 bits per heavy atom. The van der Waals surface area contributed by atoms with Crippen LogP contribution in [0.5, 0.6) is 0 Å². The molecule has 0 fully saturated rings. The number of aromatic nitrogens is 1. The number of nitrogens with zero attached hydrogens (tertiary/aromatic N) is 2. The number of hydrogen-bond acceptors (Lipinski definition) is 1. The van der Waals surface area contributed by atoms with Gasteiger partial charge in [0, 0.05) is 33.5 Å². The van der Waals surface area contributed by atoms with Gasteiger partial charge in [0.1, 0.15) is 0 Å². The molecule has 0 unspecified atom stereocenters. The van der Waals surface area contributed by atoms with Crippen LogP contribution < -0.4 is 4.90 Å². The highest BCUT2D eigenvalue weighted by Crippen LogP contribution is 2.41. The van der Waals surface area contributed by atoms with E-state index in [4.69, 9.17) is 0 Å². The van der Waals surface area contributed by atoms with Crippen molar-refractivity contribution in [3.63, 3.8) is 0 Å². The Kier molecular flexibility index (Phi) is 7.53. The number of para-hydroxylation sites is 2. The van der Waals surface area contributed by atoms with Gasteiger partial charge in [-0.15, -0.1) is 0 Å². The van der Waals surface area contributed by atoms with E-state index in [2.05, 4.69) is 216 Å². The van der Waals surface area contributed by atoms with Gasteiger partial charge >= 0.3 is 0 Å². The molecule has 50 heavy (non-hydrogen) atoms. The molecule has 0 saturated carbocycles. The lowest BCUT2D eigenvalue weighted by Gasteiger charge is -2.27. The highest BCUT2D eigenvalue weighted by molar-refractivity contribution is 6.10. The van der Waals surface area contributed by atoms with Crippen LogP contribution in [0.4, 0.5) is 17.1 Å². The van der Waals surface area contributed by atoms with Gasteiger partial charge in [0.25, 0.3) is 0 Å². The first-order valence-electron chi connectivity index (χ1n) is 17.1. The number of benzene rings is 8. The van der Waals surface area contributed by atoms with E-state index in [1.54, 1.807) is 0 Å². The van der Waals surface area contributed by atoms with E-state index < -0.39 is 0 Å². The van der Waals surface area contributed by atoms with Gasteiger partial charge in [-0.1, -0.05) is 146 Å². The summed E-state index contributed by atoms with van der Waals surface area (Å²) in [4.78, 5) is 2.38. The maximum absolute atomic E-state index is 2.38. The van der Waals surface area contributed by atoms with Crippen molar-refractivity contribution in [3.05, 3.63) is 206 Å². The lowest BCUT2D eigenvalue weighted by atomic mass is 10.0. The fourth-order valence-electron chi connectivity index (χ4n) is 7.19.